The molecule has 1 aromatic carbocycles. The Bertz CT molecular complexity index is 510. The highest BCUT2D eigenvalue weighted by molar-refractivity contribution is 5.86. The van der Waals surface area contributed by atoms with Crippen LogP contribution in [0.1, 0.15) is 45.6 Å². The predicted molar refractivity (Wildman–Crippen MR) is 88.2 cm³/mol. The van der Waals surface area contributed by atoms with Crippen LogP contribution in [0.15, 0.2) is 35.4 Å². The van der Waals surface area contributed by atoms with Crippen molar-refractivity contribution in [2.75, 3.05) is 0 Å². The molecular formula is C17H25N3O2. The van der Waals surface area contributed by atoms with Gasteiger partial charge in [-0.2, -0.15) is 5.10 Å². The van der Waals surface area contributed by atoms with Gasteiger partial charge in [0, 0.05) is 25.1 Å². The van der Waals surface area contributed by atoms with Crippen LogP contribution in [0.3, 0.4) is 0 Å². The van der Waals surface area contributed by atoms with E-state index in [1.807, 2.05) is 37.3 Å². The minimum absolute atomic E-state index is 0.137. The van der Waals surface area contributed by atoms with Gasteiger partial charge >= 0.3 is 0 Å². The summed E-state index contributed by atoms with van der Waals surface area (Å²) >= 11 is 0. The monoisotopic (exact) mass is 303 g/mol. The lowest BCUT2D eigenvalue weighted by Gasteiger charge is -2.06. The number of hydrogen-bond acceptors (Lipinski definition) is 3. The molecule has 2 amide bonds. The molecule has 1 rings (SSSR count). The summed E-state index contributed by atoms with van der Waals surface area (Å²) < 4.78 is 0. The van der Waals surface area contributed by atoms with Crippen LogP contribution in [-0.2, 0) is 16.1 Å². The number of nitrogens with zero attached hydrogens (tertiary/aromatic N) is 1. The fourth-order valence-electron chi connectivity index (χ4n) is 1.96. The minimum Gasteiger partial charge on any atom is -0.352 e. The highest BCUT2D eigenvalue weighted by Gasteiger charge is 2.06. The van der Waals surface area contributed by atoms with Crippen LogP contribution in [0.25, 0.3) is 0 Å². The molecule has 22 heavy (non-hydrogen) atoms. The Balaban J connectivity index is 2.22. The van der Waals surface area contributed by atoms with Crippen LogP contribution in [-0.4, -0.2) is 17.5 Å². The number of hydrogen-bond donors (Lipinski definition) is 2. The molecule has 2 N–H and O–H groups in total. The zero-order valence-corrected chi connectivity index (χ0v) is 13.6. The normalized spacial score (nSPS) is 11.4. The molecule has 0 aliphatic carbocycles. The van der Waals surface area contributed by atoms with E-state index in [4.69, 9.17) is 0 Å². The number of amides is 2. The van der Waals surface area contributed by atoms with Crippen molar-refractivity contribution < 1.29 is 9.59 Å². The number of benzene rings is 1. The van der Waals surface area contributed by atoms with Crippen molar-refractivity contribution in [3.8, 4) is 0 Å². The zero-order chi connectivity index (χ0) is 16.4. The topological polar surface area (TPSA) is 70.6 Å². The van der Waals surface area contributed by atoms with Crippen molar-refractivity contribution >= 4 is 17.5 Å². The number of hydrazone groups is 1. The molecule has 0 unspecified atom stereocenters. The Morgan fingerprint density at radius 2 is 1.73 bits per heavy atom. The number of carbonyl (C=O) groups is 2. The largest absolute Gasteiger partial charge is 0.352 e. The van der Waals surface area contributed by atoms with Crippen molar-refractivity contribution in [3.05, 3.63) is 35.9 Å². The molecule has 0 aliphatic rings. The van der Waals surface area contributed by atoms with E-state index < -0.39 is 0 Å². The fourth-order valence-corrected chi connectivity index (χ4v) is 1.96. The smallest absolute Gasteiger partial charge is 0.240 e. The van der Waals surface area contributed by atoms with Gasteiger partial charge in [-0.1, -0.05) is 44.2 Å². The summed E-state index contributed by atoms with van der Waals surface area (Å²) in [6.45, 7) is 6.55. The maximum Gasteiger partial charge on any atom is 0.240 e. The molecule has 0 atom stereocenters. The summed E-state index contributed by atoms with van der Waals surface area (Å²) in [6, 6.07) is 9.66. The van der Waals surface area contributed by atoms with Gasteiger partial charge < -0.3 is 5.32 Å². The van der Waals surface area contributed by atoms with Gasteiger partial charge in [-0.25, -0.2) is 5.43 Å². The van der Waals surface area contributed by atoms with Crippen LogP contribution in [0.2, 0.25) is 0 Å². The average molecular weight is 303 g/mol. The Hall–Kier alpha value is -2.17. The van der Waals surface area contributed by atoms with Gasteiger partial charge in [0.15, 0.2) is 0 Å². The molecule has 5 nitrogen and oxygen atoms in total. The van der Waals surface area contributed by atoms with Gasteiger partial charge in [0.1, 0.15) is 0 Å². The highest BCUT2D eigenvalue weighted by atomic mass is 16.2. The van der Waals surface area contributed by atoms with Crippen LogP contribution in [0, 0.1) is 5.92 Å². The van der Waals surface area contributed by atoms with E-state index in [1.54, 1.807) is 0 Å². The number of carbonyl (C=O) groups excluding carboxylic acids is 2. The third-order valence-electron chi connectivity index (χ3n) is 2.99. The van der Waals surface area contributed by atoms with E-state index in [9.17, 15) is 9.59 Å². The van der Waals surface area contributed by atoms with Crippen molar-refractivity contribution in [3.63, 3.8) is 0 Å². The van der Waals surface area contributed by atoms with Crippen molar-refractivity contribution in [2.24, 2.45) is 11.0 Å². The predicted octanol–water partition coefficient (Wildman–Crippen LogP) is 2.62. The second-order valence-electron chi connectivity index (χ2n) is 5.74. The molecule has 0 saturated heterocycles. The summed E-state index contributed by atoms with van der Waals surface area (Å²) in [5.74, 6) is 0.129. The second-order valence-corrected chi connectivity index (χ2v) is 5.74. The first-order chi connectivity index (χ1) is 10.5. The van der Waals surface area contributed by atoms with Gasteiger partial charge in [-0.05, 0) is 24.8 Å². The lowest BCUT2D eigenvalue weighted by Crippen LogP contribution is -2.26. The molecule has 0 saturated carbocycles. The van der Waals surface area contributed by atoms with E-state index in [-0.39, 0.29) is 24.7 Å². The summed E-state index contributed by atoms with van der Waals surface area (Å²) in [4.78, 5) is 23.3. The second kappa shape index (κ2) is 9.71. The van der Waals surface area contributed by atoms with Gasteiger partial charge in [0.25, 0.3) is 0 Å². The van der Waals surface area contributed by atoms with E-state index in [0.717, 1.165) is 17.7 Å². The Kier molecular flexibility index (Phi) is 7.89. The number of rotatable bonds is 8. The van der Waals surface area contributed by atoms with E-state index in [0.29, 0.717) is 12.5 Å². The highest BCUT2D eigenvalue weighted by Crippen LogP contribution is 2.01. The van der Waals surface area contributed by atoms with Crippen molar-refractivity contribution in [1.82, 2.24) is 10.7 Å². The molecule has 0 fully saturated rings. The summed E-state index contributed by atoms with van der Waals surface area (Å²) in [6.07, 6.45) is 1.15. The number of nitrogens with one attached hydrogen (secondary N) is 2. The SMILES string of the molecule is C/C(CC(C)C)=N\NC(=O)CCC(=O)NCc1ccccc1. The first-order valence-corrected chi connectivity index (χ1v) is 7.60. The Labute approximate surface area is 132 Å². The molecule has 120 valence electrons. The standard InChI is InChI=1S/C17H25N3O2/c1-13(2)11-14(3)19-20-17(22)10-9-16(21)18-12-15-7-5-4-6-8-15/h4-8,13H,9-12H2,1-3H3,(H,18,21)(H,20,22)/b19-14+. The van der Waals surface area contributed by atoms with E-state index >= 15 is 0 Å². The van der Waals surface area contributed by atoms with Crippen LogP contribution in [0.4, 0.5) is 0 Å². The lowest BCUT2D eigenvalue weighted by atomic mass is 10.1. The maximum atomic E-state index is 11.7. The van der Waals surface area contributed by atoms with Crippen molar-refractivity contribution in [2.45, 2.75) is 46.6 Å². The molecule has 0 heterocycles. The fraction of sp³-hybridized carbons (Fsp3) is 0.471. The minimum atomic E-state index is -0.238. The van der Waals surface area contributed by atoms with Crippen LogP contribution >= 0.6 is 0 Å². The third kappa shape index (κ3) is 8.19. The summed E-state index contributed by atoms with van der Waals surface area (Å²) in [5.41, 5.74) is 4.41. The lowest BCUT2D eigenvalue weighted by molar-refractivity contribution is -0.126. The average Bonchev–Trinajstić information content (AvgIpc) is 2.49. The molecule has 0 spiro atoms. The Morgan fingerprint density at radius 3 is 2.36 bits per heavy atom. The van der Waals surface area contributed by atoms with Crippen molar-refractivity contribution in [1.29, 1.82) is 0 Å². The van der Waals surface area contributed by atoms with Crippen LogP contribution < -0.4 is 10.7 Å². The summed E-state index contributed by atoms with van der Waals surface area (Å²) in [5, 5.41) is 6.81. The van der Waals surface area contributed by atoms with E-state index in [2.05, 4.69) is 29.7 Å². The first kappa shape index (κ1) is 17.9. The van der Waals surface area contributed by atoms with Gasteiger partial charge in [-0.3, -0.25) is 9.59 Å². The van der Waals surface area contributed by atoms with Gasteiger partial charge in [0.05, 0.1) is 0 Å². The quantitative estimate of drug-likeness (QED) is 0.572. The molecule has 5 heteroatoms. The Morgan fingerprint density at radius 1 is 1.09 bits per heavy atom. The first-order valence-electron chi connectivity index (χ1n) is 7.60. The maximum absolute atomic E-state index is 11.7. The summed E-state index contributed by atoms with van der Waals surface area (Å²) in [7, 11) is 0. The molecular weight excluding hydrogens is 278 g/mol. The van der Waals surface area contributed by atoms with Gasteiger partial charge in [0.2, 0.25) is 11.8 Å². The third-order valence-corrected chi connectivity index (χ3v) is 2.99. The molecule has 0 bridgehead atoms. The van der Waals surface area contributed by atoms with E-state index in [1.165, 1.54) is 0 Å². The molecule has 1 aromatic rings. The molecule has 0 aliphatic heterocycles. The zero-order valence-electron chi connectivity index (χ0n) is 13.6. The van der Waals surface area contributed by atoms with Gasteiger partial charge in [-0.15, -0.1) is 0 Å². The molecule has 0 radical (unpaired) electrons. The van der Waals surface area contributed by atoms with Crippen LogP contribution in [0.5, 0.6) is 0 Å². The molecule has 0 aromatic heterocycles.